The van der Waals surface area contributed by atoms with Crippen LogP contribution in [0.25, 0.3) is 0 Å². The smallest absolute Gasteiger partial charge is 0.247 e. The molecule has 5 heteroatoms. The van der Waals surface area contributed by atoms with E-state index in [4.69, 9.17) is 5.73 Å². The van der Waals surface area contributed by atoms with Gasteiger partial charge in [0.15, 0.2) is 0 Å². The minimum atomic E-state index is -1.24. The summed E-state index contributed by atoms with van der Waals surface area (Å²) in [5.41, 5.74) is 6.96. The molecule has 0 saturated carbocycles. The van der Waals surface area contributed by atoms with E-state index in [2.05, 4.69) is 5.32 Å². The zero-order valence-electron chi connectivity index (χ0n) is 11.4. The number of primary amides is 1. The lowest BCUT2D eigenvalue weighted by atomic mass is 9.98. The van der Waals surface area contributed by atoms with Crippen molar-refractivity contribution >= 4 is 5.91 Å². The second-order valence-electron chi connectivity index (χ2n) is 4.76. The lowest BCUT2D eigenvalue weighted by molar-refractivity contribution is -0.125. The third-order valence-corrected chi connectivity index (χ3v) is 3.20. The molecule has 2 aromatic carbocycles. The number of carbonyl (C=O) groups excluding carboxylic acids is 1. The first-order chi connectivity index (χ1) is 10.1. The number of nitrogens with two attached hydrogens (primary N) is 1. The highest BCUT2D eigenvalue weighted by Crippen LogP contribution is 2.23. The molecule has 2 aromatic rings. The summed E-state index contributed by atoms with van der Waals surface area (Å²) >= 11 is 0. The summed E-state index contributed by atoms with van der Waals surface area (Å²) in [5.74, 6) is -0.581. The number of carbonyl (C=O) groups is 1. The van der Waals surface area contributed by atoms with Crippen LogP contribution >= 0.6 is 0 Å². The quantitative estimate of drug-likeness (QED) is 0.635. The number of aliphatic hydroxyl groups excluding tert-OH is 1. The van der Waals surface area contributed by atoms with Crippen molar-refractivity contribution < 1.29 is 15.0 Å². The van der Waals surface area contributed by atoms with Crippen molar-refractivity contribution in [1.29, 1.82) is 0 Å². The summed E-state index contributed by atoms with van der Waals surface area (Å²) in [7, 11) is 0. The lowest BCUT2D eigenvalue weighted by Crippen LogP contribution is -2.39. The maximum atomic E-state index is 10.9. The van der Waals surface area contributed by atoms with Crippen LogP contribution in [0, 0.1) is 0 Å². The summed E-state index contributed by atoms with van der Waals surface area (Å²) in [6.45, 7) is 0.0514. The zero-order chi connectivity index (χ0) is 15.2. The summed E-state index contributed by atoms with van der Waals surface area (Å²) in [6, 6.07) is 16.2. The molecule has 0 aromatic heterocycles. The van der Waals surface area contributed by atoms with Crippen molar-refractivity contribution in [3.63, 3.8) is 0 Å². The first-order valence-electron chi connectivity index (χ1n) is 6.62. The van der Waals surface area contributed by atoms with Crippen LogP contribution in [0.5, 0.6) is 5.75 Å². The summed E-state index contributed by atoms with van der Waals surface area (Å²) in [6.07, 6.45) is -1.24. The molecule has 0 fully saturated rings. The molecule has 0 heterocycles. The molecule has 0 aliphatic carbocycles. The standard InChI is InChI=1S/C16H18N2O3/c17-16(21)14(20)10-18-15(11-4-2-1-3-5-11)12-6-8-13(19)9-7-12/h1-9,14-15,18-20H,10H2,(H2,17,21). The van der Waals surface area contributed by atoms with Gasteiger partial charge in [-0.2, -0.15) is 0 Å². The number of benzene rings is 2. The Hall–Kier alpha value is -2.37. The number of phenolic OH excluding ortho intramolecular Hbond substituents is 1. The molecule has 110 valence electrons. The van der Waals surface area contributed by atoms with Crippen molar-refractivity contribution in [2.45, 2.75) is 12.1 Å². The molecular weight excluding hydrogens is 268 g/mol. The highest BCUT2D eigenvalue weighted by atomic mass is 16.3. The number of phenols is 1. The molecule has 0 spiro atoms. The van der Waals surface area contributed by atoms with Crippen LogP contribution < -0.4 is 11.1 Å². The molecule has 21 heavy (non-hydrogen) atoms. The van der Waals surface area contributed by atoms with E-state index in [-0.39, 0.29) is 18.3 Å². The highest BCUT2D eigenvalue weighted by molar-refractivity contribution is 5.78. The Balaban J connectivity index is 2.22. The van der Waals surface area contributed by atoms with E-state index in [1.165, 1.54) is 0 Å². The molecule has 2 atom stereocenters. The number of aromatic hydroxyl groups is 1. The Bertz CT molecular complexity index is 584. The Morgan fingerprint density at radius 3 is 2.19 bits per heavy atom. The van der Waals surface area contributed by atoms with E-state index in [9.17, 15) is 15.0 Å². The van der Waals surface area contributed by atoms with Gasteiger partial charge in [-0.3, -0.25) is 4.79 Å². The SMILES string of the molecule is NC(=O)C(O)CNC(c1ccccc1)c1ccc(O)cc1. The van der Waals surface area contributed by atoms with Crippen molar-refractivity contribution in [2.24, 2.45) is 5.73 Å². The van der Waals surface area contributed by atoms with Crippen molar-refractivity contribution in [2.75, 3.05) is 6.54 Å². The molecule has 0 aliphatic heterocycles. The second kappa shape index (κ2) is 6.88. The molecule has 5 nitrogen and oxygen atoms in total. The first kappa shape index (κ1) is 15.0. The fourth-order valence-corrected chi connectivity index (χ4v) is 2.07. The summed E-state index contributed by atoms with van der Waals surface area (Å²) < 4.78 is 0. The normalized spacial score (nSPS) is 13.6. The van der Waals surface area contributed by atoms with E-state index < -0.39 is 12.0 Å². The predicted molar refractivity (Wildman–Crippen MR) is 79.6 cm³/mol. The molecule has 0 aliphatic rings. The van der Waals surface area contributed by atoms with E-state index in [1.54, 1.807) is 24.3 Å². The maximum Gasteiger partial charge on any atom is 0.247 e. The third-order valence-electron chi connectivity index (χ3n) is 3.20. The van der Waals surface area contributed by atoms with Crippen LogP contribution in [0.3, 0.4) is 0 Å². The van der Waals surface area contributed by atoms with Gasteiger partial charge in [-0.25, -0.2) is 0 Å². The number of rotatable bonds is 6. The van der Waals surface area contributed by atoms with Gasteiger partial charge < -0.3 is 21.3 Å². The molecular formula is C16H18N2O3. The van der Waals surface area contributed by atoms with E-state index >= 15 is 0 Å². The minimum absolute atomic E-state index is 0.0514. The molecule has 0 bridgehead atoms. The number of aliphatic hydroxyl groups is 1. The minimum Gasteiger partial charge on any atom is -0.508 e. The monoisotopic (exact) mass is 286 g/mol. The molecule has 0 radical (unpaired) electrons. The summed E-state index contributed by atoms with van der Waals surface area (Å²) in [4.78, 5) is 10.9. The van der Waals surface area contributed by atoms with Crippen LogP contribution in [0.15, 0.2) is 54.6 Å². The van der Waals surface area contributed by atoms with Crippen molar-refractivity contribution in [3.05, 3.63) is 65.7 Å². The Labute approximate surface area is 123 Å². The molecule has 2 unspecified atom stereocenters. The Morgan fingerprint density at radius 2 is 1.62 bits per heavy atom. The third kappa shape index (κ3) is 4.05. The maximum absolute atomic E-state index is 10.9. The van der Waals surface area contributed by atoms with Crippen LogP contribution in [-0.4, -0.2) is 28.8 Å². The topological polar surface area (TPSA) is 95.6 Å². The Kier molecular flexibility index (Phi) is 4.92. The number of hydrogen-bond acceptors (Lipinski definition) is 4. The van der Waals surface area contributed by atoms with Crippen LogP contribution in [0.4, 0.5) is 0 Å². The fraction of sp³-hybridized carbons (Fsp3) is 0.188. The van der Waals surface area contributed by atoms with Gasteiger partial charge in [-0.05, 0) is 23.3 Å². The zero-order valence-corrected chi connectivity index (χ0v) is 11.4. The highest BCUT2D eigenvalue weighted by Gasteiger charge is 2.17. The number of hydrogen-bond donors (Lipinski definition) is 4. The predicted octanol–water partition coefficient (Wildman–Crippen LogP) is 0.917. The van der Waals surface area contributed by atoms with E-state index in [0.717, 1.165) is 11.1 Å². The number of amides is 1. The largest absolute Gasteiger partial charge is 0.508 e. The molecule has 5 N–H and O–H groups in total. The van der Waals surface area contributed by atoms with Crippen LogP contribution in [-0.2, 0) is 4.79 Å². The lowest BCUT2D eigenvalue weighted by Gasteiger charge is -2.21. The Morgan fingerprint density at radius 1 is 1.05 bits per heavy atom. The molecule has 1 amide bonds. The number of nitrogens with one attached hydrogen (secondary N) is 1. The average molecular weight is 286 g/mol. The molecule has 2 rings (SSSR count). The van der Waals surface area contributed by atoms with Gasteiger partial charge >= 0.3 is 0 Å². The van der Waals surface area contributed by atoms with Gasteiger partial charge in [0.25, 0.3) is 0 Å². The van der Waals surface area contributed by atoms with E-state index in [1.807, 2.05) is 30.3 Å². The first-order valence-corrected chi connectivity index (χ1v) is 6.62. The van der Waals surface area contributed by atoms with E-state index in [0.29, 0.717) is 0 Å². The van der Waals surface area contributed by atoms with Gasteiger partial charge in [-0.1, -0.05) is 42.5 Å². The fourth-order valence-electron chi connectivity index (χ4n) is 2.07. The van der Waals surface area contributed by atoms with Crippen LogP contribution in [0.2, 0.25) is 0 Å². The van der Waals surface area contributed by atoms with Gasteiger partial charge in [0.2, 0.25) is 5.91 Å². The van der Waals surface area contributed by atoms with Crippen LogP contribution in [0.1, 0.15) is 17.2 Å². The van der Waals surface area contributed by atoms with Crippen molar-refractivity contribution in [3.8, 4) is 5.75 Å². The van der Waals surface area contributed by atoms with Gasteiger partial charge in [0, 0.05) is 6.54 Å². The molecule has 0 saturated heterocycles. The average Bonchev–Trinajstić information content (AvgIpc) is 2.50. The summed E-state index contributed by atoms with van der Waals surface area (Å²) in [5, 5.41) is 22.0. The van der Waals surface area contributed by atoms with Crippen molar-refractivity contribution in [1.82, 2.24) is 5.32 Å². The van der Waals surface area contributed by atoms with Gasteiger partial charge in [0.05, 0.1) is 6.04 Å². The van der Waals surface area contributed by atoms with Gasteiger partial charge in [-0.15, -0.1) is 0 Å². The second-order valence-corrected chi connectivity index (χ2v) is 4.76. The van der Waals surface area contributed by atoms with Gasteiger partial charge in [0.1, 0.15) is 11.9 Å².